The van der Waals surface area contributed by atoms with Crippen LogP contribution >= 0.6 is 22.9 Å². The number of nitrogens with zero attached hydrogens (tertiary/aromatic N) is 4. The second kappa shape index (κ2) is 9.23. The molecule has 2 N–H and O–H groups in total. The number of benzene rings is 2. The van der Waals surface area contributed by atoms with E-state index in [9.17, 15) is 4.79 Å². The van der Waals surface area contributed by atoms with Crippen LogP contribution in [-0.4, -0.2) is 58.5 Å². The van der Waals surface area contributed by atoms with E-state index in [1.807, 2.05) is 41.3 Å². The smallest absolute Gasteiger partial charge is 0.237 e. The summed E-state index contributed by atoms with van der Waals surface area (Å²) in [7, 11) is 1.67. The lowest BCUT2D eigenvalue weighted by Gasteiger charge is -2.40. The number of fused-ring (bicyclic) bond motifs is 2. The number of ether oxygens (including phenoxy) is 1. The molecule has 4 aromatic rings. The Bertz CT molecular complexity index is 1330. The Morgan fingerprint density at radius 3 is 2.91 bits per heavy atom. The van der Waals surface area contributed by atoms with E-state index in [1.165, 1.54) is 16.6 Å². The van der Waals surface area contributed by atoms with Gasteiger partial charge in [0.05, 0.1) is 24.7 Å². The molecule has 170 valence electrons. The van der Waals surface area contributed by atoms with Crippen molar-refractivity contribution in [2.24, 2.45) is 0 Å². The van der Waals surface area contributed by atoms with E-state index >= 15 is 0 Å². The van der Waals surface area contributed by atoms with Crippen LogP contribution in [0.25, 0.3) is 21.0 Å². The number of piperazine rings is 1. The van der Waals surface area contributed by atoms with Crippen LogP contribution in [0.15, 0.2) is 48.8 Å². The van der Waals surface area contributed by atoms with E-state index in [-0.39, 0.29) is 11.9 Å². The van der Waals surface area contributed by atoms with Crippen LogP contribution in [0.5, 0.6) is 0 Å². The lowest BCUT2D eigenvalue weighted by Crippen LogP contribution is -2.57. The first-order chi connectivity index (χ1) is 16.0. The number of nitrogen functional groups attached to an aromatic ring is 1. The molecule has 0 bridgehead atoms. The first-order valence-electron chi connectivity index (χ1n) is 10.7. The van der Waals surface area contributed by atoms with Gasteiger partial charge in [0.2, 0.25) is 5.91 Å². The minimum atomic E-state index is -0.0359. The maximum Gasteiger partial charge on any atom is 0.237 e. The van der Waals surface area contributed by atoms with E-state index in [1.54, 1.807) is 18.4 Å². The van der Waals surface area contributed by atoms with Crippen LogP contribution in [0.3, 0.4) is 0 Å². The fraction of sp³-hybridized carbons (Fsp3) is 0.292. The molecule has 0 spiro atoms. The van der Waals surface area contributed by atoms with Crippen molar-refractivity contribution in [2.45, 2.75) is 19.1 Å². The quantitative estimate of drug-likeness (QED) is 0.449. The third-order valence-electron chi connectivity index (χ3n) is 5.95. The lowest BCUT2D eigenvalue weighted by atomic mass is 10.1. The maximum atomic E-state index is 13.2. The van der Waals surface area contributed by atoms with E-state index in [0.717, 1.165) is 39.3 Å². The topological polar surface area (TPSA) is 84.6 Å². The number of carbonyl (C=O) groups is 1. The van der Waals surface area contributed by atoms with Crippen LogP contribution in [-0.2, 0) is 22.6 Å². The van der Waals surface area contributed by atoms with Crippen molar-refractivity contribution in [1.82, 2.24) is 19.8 Å². The number of rotatable bonds is 6. The molecule has 1 amide bonds. The van der Waals surface area contributed by atoms with Gasteiger partial charge in [-0.2, -0.15) is 0 Å². The van der Waals surface area contributed by atoms with Gasteiger partial charge in [-0.15, -0.1) is 11.3 Å². The molecule has 1 aliphatic rings. The summed E-state index contributed by atoms with van der Waals surface area (Å²) in [5, 5.41) is 2.73. The Hall–Kier alpha value is -2.78. The average Bonchev–Trinajstić information content (AvgIpc) is 3.17. The molecule has 9 heteroatoms. The molecule has 2 aromatic carbocycles. The first kappa shape index (κ1) is 22.0. The fourth-order valence-electron chi connectivity index (χ4n) is 4.40. The molecule has 0 saturated carbocycles. The van der Waals surface area contributed by atoms with Gasteiger partial charge in [0.25, 0.3) is 0 Å². The molecule has 2 aromatic heterocycles. The minimum Gasteiger partial charge on any atom is -0.383 e. The highest BCUT2D eigenvalue weighted by Crippen LogP contribution is 2.30. The second-order valence-electron chi connectivity index (χ2n) is 8.31. The molecule has 1 aliphatic heterocycles. The second-order valence-corrected chi connectivity index (χ2v) is 9.91. The number of nitrogens with two attached hydrogens (primary N) is 1. The fourth-order valence-corrected chi connectivity index (χ4v) is 5.78. The number of hydrogen-bond donors (Lipinski definition) is 1. The molecule has 1 atom stereocenters. The number of hydrogen-bond acceptors (Lipinski definition) is 7. The zero-order valence-corrected chi connectivity index (χ0v) is 19.8. The summed E-state index contributed by atoms with van der Waals surface area (Å²) >= 11 is 7.86. The van der Waals surface area contributed by atoms with Crippen LogP contribution in [0, 0.1) is 0 Å². The summed E-state index contributed by atoms with van der Waals surface area (Å²) in [5.74, 6) is 0.548. The normalized spacial score (nSPS) is 17.3. The van der Waals surface area contributed by atoms with Crippen LogP contribution in [0.1, 0.15) is 10.4 Å². The van der Waals surface area contributed by atoms with Gasteiger partial charge in [0.15, 0.2) is 0 Å². The number of halogens is 1. The SMILES string of the molecule is COC[C@@H]1CN(Cc2cc3ccc(Cl)cc3s2)CC(=O)N1Cc1ccc2c(N)ncnc2c1. The highest BCUT2D eigenvalue weighted by atomic mass is 35.5. The zero-order valence-electron chi connectivity index (χ0n) is 18.2. The molecule has 0 aliphatic carbocycles. The van der Waals surface area contributed by atoms with Gasteiger partial charge < -0.3 is 15.4 Å². The molecule has 1 fully saturated rings. The molecule has 1 saturated heterocycles. The van der Waals surface area contributed by atoms with Crippen molar-refractivity contribution in [3.05, 3.63) is 64.3 Å². The van der Waals surface area contributed by atoms with Crippen molar-refractivity contribution in [3.8, 4) is 0 Å². The van der Waals surface area contributed by atoms with Gasteiger partial charge in [-0.25, -0.2) is 9.97 Å². The highest BCUT2D eigenvalue weighted by molar-refractivity contribution is 7.19. The molecule has 0 unspecified atom stereocenters. The largest absolute Gasteiger partial charge is 0.383 e. The Balaban J connectivity index is 1.33. The minimum absolute atomic E-state index is 0.0359. The van der Waals surface area contributed by atoms with Gasteiger partial charge in [-0.1, -0.05) is 23.7 Å². The molecule has 5 rings (SSSR count). The monoisotopic (exact) mass is 481 g/mol. The first-order valence-corrected chi connectivity index (χ1v) is 11.9. The van der Waals surface area contributed by atoms with Gasteiger partial charge in [0.1, 0.15) is 12.1 Å². The molecule has 0 radical (unpaired) electrons. The number of aromatic nitrogens is 2. The summed E-state index contributed by atoms with van der Waals surface area (Å²) < 4.78 is 6.64. The standard InChI is InChI=1S/C24H24ClN5O2S/c1-32-13-18-10-29(11-19-7-16-3-4-17(25)8-22(16)33-19)12-23(31)30(18)9-15-2-5-20-21(6-15)27-14-28-24(20)26/h2-8,14,18H,9-13H2,1H3,(H2,26,27,28)/t18-/m0/s1. The third kappa shape index (κ3) is 4.65. The molecular formula is C24H24ClN5O2S. The van der Waals surface area contributed by atoms with E-state index < -0.39 is 0 Å². The van der Waals surface area contributed by atoms with Crippen molar-refractivity contribution in [1.29, 1.82) is 0 Å². The predicted octanol–water partition coefficient (Wildman–Crippen LogP) is 3.94. The molecule has 33 heavy (non-hydrogen) atoms. The summed E-state index contributed by atoms with van der Waals surface area (Å²) in [4.78, 5) is 26.9. The summed E-state index contributed by atoms with van der Waals surface area (Å²) in [6.07, 6.45) is 1.46. The van der Waals surface area contributed by atoms with Gasteiger partial charge in [0, 0.05) is 46.7 Å². The van der Waals surface area contributed by atoms with E-state index in [2.05, 4.69) is 20.9 Å². The van der Waals surface area contributed by atoms with Crippen molar-refractivity contribution < 1.29 is 9.53 Å². The Kier molecular flexibility index (Phi) is 6.16. The summed E-state index contributed by atoms with van der Waals surface area (Å²) in [6, 6.07) is 13.9. The predicted molar refractivity (Wildman–Crippen MR) is 132 cm³/mol. The van der Waals surface area contributed by atoms with Crippen LogP contribution in [0.4, 0.5) is 5.82 Å². The lowest BCUT2D eigenvalue weighted by molar-refractivity contribution is -0.142. The van der Waals surface area contributed by atoms with Crippen molar-refractivity contribution in [2.75, 3.05) is 32.5 Å². The van der Waals surface area contributed by atoms with Gasteiger partial charge >= 0.3 is 0 Å². The molecular weight excluding hydrogens is 458 g/mol. The molecule has 7 nitrogen and oxygen atoms in total. The molecule has 3 heterocycles. The van der Waals surface area contributed by atoms with Crippen LogP contribution in [0.2, 0.25) is 5.02 Å². The van der Waals surface area contributed by atoms with Crippen LogP contribution < -0.4 is 5.73 Å². The third-order valence-corrected chi connectivity index (χ3v) is 7.26. The highest BCUT2D eigenvalue weighted by Gasteiger charge is 2.32. The Morgan fingerprint density at radius 2 is 2.06 bits per heavy atom. The van der Waals surface area contributed by atoms with E-state index in [0.29, 0.717) is 25.5 Å². The number of methoxy groups -OCH3 is 1. The summed E-state index contributed by atoms with van der Waals surface area (Å²) in [5.41, 5.74) is 7.72. The van der Waals surface area contributed by atoms with Gasteiger partial charge in [-0.3, -0.25) is 9.69 Å². The zero-order chi connectivity index (χ0) is 22.9. The van der Waals surface area contributed by atoms with Crippen molar-refractivity contribution >= 4 is 55.7 Å². The average molecular weight is 482 g/mol. The summed E-state index contributed by atoms with van der Waals surface area (Å²) in [6.45, 7) is 2.83. The number of carbonyl (C=O) groups excluding carboxylic acids is 1. The van der Waals surface area contributed by atoms with E-state index in [4.69, 9.17) is 22.1 Å². The number of amides is 1. The van der Waals surface area contributed by atoms with Gasteiger partial charge in [-0.05, 0) is 41.3 Å². The Labute approximate surface area is 200 Å². The Morgan fingerprint density at radius 1 is 1.18 bits per heavy atom. The maximum absolute atomic E-state index is 13.2. The number of anilines is 1. The van der Waals surface area contributed by atoms with Crippen molar-refractivity contribution in [3.63, 3.8) is 0 Å². The number of thiophene rings is 1.